The van der Waals surface area contributed by atoms with E-state index in [1.165, 1.54) is 5.56 Å². The number of nitrogens with one attached hydrogen (secondary N) is 1. The number of piperidine rings is 1. The van der Waals surface area contributed by atoms with Gasteiger partial charge in [0, 0.05) is 52.5 Å². The third-order valence-corrected chi connectivity index (χ3v) is 4.70. The Hall–Kier alpha value is -0.900. The molecule has 0 bridgehead atoms. The lowest BCUT2D eigenvalue weighted by atomic mass is 10.1. The van der Waals surface area contributed by atoms with Crippen molar-refractivity contribution in [1.82, 2.24) is 10.2 Å². The summed E-state index contributed by atoms with van der Waals surface area (Å²) in [7, 11) is 0. The molecule has 1 aromatic carbocycles. The normalized spacial score (nSPS) is 16.0. The largest absolute Gasteiger partial charge is 0.382 e. The highest BCUT2D eigenvalue weighted by atomic mass is 127. The van der Waals surface area contributed by atoms with Gasteiger partial charge in [0.25, 0.3) is 0 Å². The van der Waals surface area contributed by atoms with Crippen LogP contribution in [0.4, 0.5) is 0 Å². The quantitative estimate of drug-likeness (QED) is 0.198. The van der Waals surface area contributed by atoms with Crippen molar-refractivity contribution in [3.05, 3.63) is 35.9 Å². The average molecular weight is 504 g/mol. The van der Waals surface area contributed by atoms with Crippen LogP contribution in [-0.4, -0.2) is 63.0 Å². The predicted molar refractivity (Wildman–Crippen MR) is 126 cm³/mol. The van der Waals surface area contributed by atoms with Crippen LogP contribution in [-0.2, 0) is 16.0 Å². The second-order valence-electron chi connectivity index (χ2n) is 6.93. The van der Waals surface area contributed by atoms with Crippen molar-refractivity contribution in [3.63, 3.8) is 0 Å². The number of benzene rings is 1. The number of halogens is 1. The molecule has 0 saturated carbocycles. The summed E-state index contributed by atoms with van der Waals surface area (Å²) in [5.74, 6) is 0.515. The third-order valence-electron chi connectivity index (χ3n) is 4.70. The van der Waals surface area contributed by atoms with Gasteiger partial charge in [-0.05, 0) is 38.2 Å². The van der Waals surface area contributed by atoms with Crippen LogP contribution in [0.5, 0.6) is 0 Å². The summed E-state index contributed by atoms with van der Waals surface area (Å²) in [6, 6.07) is 10.7. The van der Waals surface area contributed by atoms with E-state index in [-0.39, 0.29) is 24.0 Å². The number of hydrogen-bond acceptors (Lipinski definition) is 4. The summed E-state index contributed by atoms with van der Waals surface area (Å²) >= 11 is 0. The smallest absolute Gasteiger partial charge is 0.188 e. The molecule has 1 aliphatic rings. The molecule has 1 fully saturated rings. The molecule has 0 amide bonds. The lowest BCUT2D eigenvalue weighted by molar-refractivity contribution is 0.00535. The van der Waals surface area contributed by atoms with Gasteiger partial charge in [0.15, 0.2) is 5.96 Å². The first-order valence-corrected chi connectivity index (χ1v) is 10.3. The van der Waals surface area contributed by atoms with Crippen LogP contribution in [0, 0.1) is 0 Å². The Morgan fingerprint density at radius 2 is 1.93 bits per heavy atom. The fraction of sp³-hybridized carbons (Fsp3) is 0.667. The number of ether oxygens (including phenoxy) is 2. The topological polar surface area (TPSA) is 72.1 Å². The fourth-order valence-corrected chi connectivity index (χ4v) is 3.18. The minimum Gasteiger partial charge on any atom is -0.382 e. The molecule has 0 spiro atoms. The fourth-order valence-electron chi connectivity index (χ4n) is 3.18. The Bertz CT molecular complexity index is 522. The molecule has 0 radical (unpaired) electrons. The summed E-state index contributed by atoms with van der Waals surface area (Å²) in [5, 5.41) is 3.14. The van der Waals surface area contributed by atoms with Crippen molar-refractivity contribution < 1.29 is 9.47 Å². The van der Waals surface area contributed by atoms with Crippen molar-refractivity contribution in [2.75, 3.05) is 46.0 Å². The van der Waals surface area contributed by atoms with E-state index in [1.54, 1.807) is 0 Å². The Labute approximate surface area is 187 Å². The number of nitrogens with two attached hydrogens (primary N) is 1. The van der Waals surface area contributed by atoms with Gasteiger partial charge < -0.3 is 20.5 Å². The third kappa shape index (κ3) is 11.2. The molecule has 1 saturated heterocycles. The Morgan fingerprint density at radius 1 is 1.18 bits per heavy atom. The van der Waals surface area contributed by atoms with Crippen molar-refractivity contribution in [1.29, 1.82) is 0 Å². The lowest BCUT2D eigenvalue weighted by Gasteiger charge is -2.32. The van der Waals surface area contributed by atoms with Crippen molar-refractivity contribution in [2.45, 2.75) is 45.3 Å². The zero-order valence-electron chi connectivity index (χ0n) is 17.1. The molecule has 2 rings (SSSR count). The lowest BCUT2D eigenvalue weighted by Crippen LogP contribution is -2.37. The van der Waals surface area contributed by atoms with Gasteiger partial charge in [-0.25, -0.2) is 0 Å². The van der Waals surface area contributed by atoms with Gasteiger partial charge >= 0.3 is 0 Å². The van der Waals surface area contributed by atoms with E-state index < -0.39 is 0 Å². The highest BCUT2D eigenvalue weighted by Gasteiger charge is 2.19. The van der Waals surface area contributed by atoms with Crippen LogP contribution in [0.1, 0.15) is 38.2 Å². The van der Waals surface area contributed by atoms with E-state index in [0.29, 0.717) is 18.6 Å². The van der Waals surface area contributed by atoms with Gasteiger partial charge in [0.05, 0.1) is 6.10 Å². The van der Waals surface area contributed by atoms with E-state index in [0.717, 1.165) is 71.7 Å². The standard InChI is InChI=1S/C21H36N4O2.HI/c1-2-26-16-6-12-23-21(22)24-13-7-17-27-20-10-14-25(15-11-20)18-19-8-4-3-5-9-19;/h3-5,8-9,20H,2,6-7,10-18H2,1H3,(H3,22,23,24);1H. The average Bonchev–Trinajstić information content (AvgIpc) is 2.69. The maximum atomic E-state index is 6.02. The maximum Gasteiger partial charge on any atom is 0.188 e. The van der Waals surface area contributed by atoms with Gasteiger partial charge in [-0.3, -0.25) is 9.89 Å². The first-order valence-electron chi connectivity index (χ1n) is 10.3. The van der Waals surface area contributed by atoms with Gasteiger partial charge in [-0.2, -0.15) is 0 Å². The van der Waals surface area contributed by atoms with Gasteiger partial charge in [0.2, 0.25) is 0 Å². The molecule has 28 heavy (non-hydrogen) atoms. The molecule has 6 nitrogen and oxygen atoms in total. The number of nitrogens with zero attached hydrogens (tertiary/aromatic N) is 2. The number of rotatable bonds is 12. The molecule has 0 aromatic heterocycles. The van der Waals surface area contributed by atoms with E-state index in [2.05, 4.69) is 45.5 Å². The molecule has 0 atom stereocenters. The van der Waals surface area contributed by atoms with Crippen LogP contribution in [0.2, 0.25) is 0 Å². The number of aliphatic imine (C=N–C) groups is 1. The van der Waals surface area contributed by atoms with Crippen LogP contribution in [0.15, 0.2) is 35.3 Å². The summed E-state index contributed by atoms with van der Waals surface area (Å²) in [4.78, 5) is 6.80. The summed E-state index contributed by atoms with van der Waals surface area (Å²) in [5.41, 5.74) is 7.23. The maximum absolute atomic E-state index is 6.02. The summed E-state index contributed by atoms with van der Waals surface area (Å²) in [6.45, 7) is 9.03. The van der Waals surface area contributed by atoms with E-state index in [4.69, 9.17) is 15.2 Å². The zero-order chi connectivity index (χ0) is 19.2. The molecule has 1 aliphatic heterocycles. The summed E-state index contributed by atoms with van der Waals surface area (Å²) < 4.78 is 11.3. The predicted octanol–water partition coefficient (Wildman–Crippen LogP) is 3.01. The molecule has 1 aromatic rings. The van der Waals surface area contributed by atoms with Gasteiger partial charge in [-0.1, -0.05) is 30.3 Å². The molecular weight excluding hydrogens is 467 g/mol. The second-order valence-corrected chi connectivity index (χ2v) is 6.93. The monoisotopic (exact) mass is 504 g/mol. The highest BCUT2D eigenvalue weighted by molar-refractivity contribution is 14.0. The SMILES string of the molecule is CCOCCCN=C(N)NCCCOC1CCN(Cc2ccccc2)CC1.I. The molecule has 1 heterocycles. The van der Waals surface area contributed by atoms with E-state index in [9.17, 15) is 0 Å². The number of guanidine groups is 1. The number of hydrogen-bond donors (Lipinski definition) is 2. The van der Waals surface area contributed by atoms with Crippen LogP contribution >= 0.6 is 24.0 Å². The highest BCUT2D eigenvalue weighted by Crippen LogP contribution is 2.16. The first-order chi connectivity index (χ1) is 13.3. The number of likely N-dealkylation sites (tertiary alicyclic amines) is 1. The molecule has 160 valence electrons. The Kier molecular flexibility index (Phi) is 14.3. The van der Waals surface area contributed by atoms with Crippen molar-refractivity contribution in [2.24, 2.45) is 10.7 Å². The molecule has 3 N–H and O–H groups in total. The molecule has 0 unspecified atom stereocenters. The minimum atomic E-state index is 0. The van der Waals surface area contributed by atoms with Crippen LogP contribution in [0.25, 0.3) is 0 Å². The van der Waals surface area contributed by atoms with Crippen molar-refractivity contribution in [3.8, 4) is 0 Å². The van der Waals surface area contributed by atoms with Crippen molar-refractivity contribution >= 4 is 29.9 Å². The summed E-state index contributed by atoms with van der Waals surface area (Å²) in [6.07, 6.45) is 4.47. The Balaban J connectivity index is 0.00000392. The van der Waals surface area contributed by atoms with Crippen LogP contribution in [0.3, 0.4) is 0 Å². The van der Waals surface area contributed by atoms with Gasteiger partial charge in [-0.15, -0.1) is 24.0 Å². The Morgan fingerprint density at radius 3 is 2.64 bits per heavy atom. The first kappa shape index (κ1) is 25.1. The van der Waals surface area contributed by atoms with E-state index in [1.807, 2.05) is 6.92 Å². The van der Waals surface area contributed by atoms with Crippen LogP contribution < -0.4 is 11.1 Å². The molecule has 0 aliphatic carbocycles. The molecule has 7 heteroatoms. The van der Waals surface area contributed by atoms with Gasteiger partial charge in [0.1, 0.15) is 0 Å². The minimum absolute atomic E-state index is 0. The zero-order valence-corrected chi connectivity index (χ0v) is 19.5. The molecular formula is C21H37IN4O2. The second kappa shape index (κ2) is 16.0. The van der Waals surface area contributed by atoms with E-state index >= 15 is 0 Å².